The van der Waals surface area contributed by atoms with Gasteiger partial charge in [0.05, 0.1) is 34.0 Å². The van der Waals surface area contributed by atoms with Crippen LogP contribution < -0.4 is 10.6 Å². The number of rotatable bonds is 7. The predicted octanol–water partition coefficient (Wildman–Crippen LogP) is 2.63. The molecule has 4 fully saturated rings. The van der Waals surface area contributed by atoms with Crippen LogP contribution in [-0.4, -0.2) is 84.6 Å². The monoisotopic (exact) mass is 659 g/mol. The summed E-state index contributed by atoms with van der Waals surface area (Å²) >= 11 is 6.22. The molecule has 3 amide bonds. The molecule has 0 aromatic heterocycles. The maximum absolute atomic E-state index is 13.7. The fourth-order valence-corrected chi connectivity index (χ4v) is 8.82. The molecule has 1 heterocycles. The number of carbonyl (C=O) groups excluding carboxylic acids is 3. The fraction of sp³-hybridized carbons (Fsp3) is 0.464. The molecule has 0 spiro atoms. The lowest BCUT2D eigenvalue weighted by Crippen LogP contribution is -2.67. The number of ether oxygens (including phenoxy) is 1. The molecule has 0 radical (unpaired) electrons. The molecule has 1 saturated heterocycles. The molecular weight excluding hydrogens is 631 g/mol. The Morgan fingerprint density at radius 3 is 2.34 bits per heavy atom. The van der Waals surface area contributed by atoms with Crippen LogP contribution in [0.25, 0.3) is 0 Å². The maximum atomic E-state index is 13.7. The third kappa shape index (κ3) is 5.61. The molecule has 3 saturated carbocycles. The van der Waals surface area contributed by atoms with Crippen molar-refractivity contribution in [2.45, 2.75) is 53.6 Å². The highest BCUT2D eigenvalue weighted by atomic mass is 35.5. The molecule has 3 aliphatic carbocycles. The zero-order valence-electron chi connectivity index (χ0n) is 23.2. The van der Waals surface area contributed by atoms with Crippen LogP contribution in [-0.2, 0) is 19.4 Å². The number of hydrogen-bond donors (Lipinski definition) is 4. The van der Waals surface area contributed by atoms with Gasteiger partial charge in [-0.25, -0.2) is 26.4 Å². The molecule has 2 bridgehead atoms. The molecule has 11 nitrogen and oxygen atoms in total. The standard InChI is InChI=1S/C28H29ClF3N3O8S/c1-43-27(39)35-5-4-21(36)24(35)26(38)33-12-28(40)14-7-15(28)9-17(8-14)44(41,42)22-6-13(2-3-18(22)29)25(37)34-16-10-19(30)23(32)20(31)11-16/h2-3,6,10-11,14-15,17,21,24,36,40H,4-5,7-9,12H2,1H3,(H,33,38)(H,34,37)/t14?,15?,17?,21-,24-,28?/m0/s1. The second-order valence-corrected chi connectivity index (χ2v) is 13.9. The van der Waals surface area contributed by atoms with Crippen LogP contribution in [0.3, 0.4) is 0 Å². The van der Waals surface area contributed by atoms with Gasteiger partial charge in [0.15, 0.2) is 27.3 Å². The van der Waals surface area contributed by atoms with Crippen molar-refractivity contribution in [2.75, 3.05) is 25.5 Å². The number of hydrogen-bond acceptors (Lipinski definition) is 8. The highest BCUT2D eigenvalue weighted by Crippen LogP contribution is 2.55. The molecule has 4 atom stereocenters. The number of fused-ring (bicyclic) bond motifs is 2. The van der Waals surface area contributed by atoms with E-state index in [0.29, 0.717) is 18.6 Å². The van der Waals surface area contributed by atoms with Crippen LogP contribution in [0.4, 0.5) is 23.7 Å². The molecule has 1 aliphatic heterocycles. The van der Waals surface area contributed by atoms with Gasteiger partial charge in [-0.3, -0.25) is 14.5 Å². The minimum absolute atomic E-state index is 0.0342. The number of nitrogens with one attached hydrogen (secondary N) is 2. The summed E-state index contributed by atoms with van der Waals surface area (Å²) in [6.07, 6.45) is -1.12. The summed E-state index contributed by atoms with van der Waals surface area (Å²) in [6.45, 7) is -0.0943. The van der Waals surface area contributed by atoms with Crippen molar-refractivity contribution in [3.05, 3.63) is 58.4 Å². The number of benzene rings is 2. The van der Waals surface area contributed by atoms with E-state index in [4.69, 9.17) is 11.6 Å². The quantitative estimate of drug-likeness (QED) is 0.330. The summed E-state index contributed by atoms with van der Waals surface area (Å²) in [6, 6.07) is 3.41. The lowest BCUT2D eigenvalue weighted by Gasteiger charge is -2.58. The summed E-state index contributed by atoms with van der Waals surface area (Å²) in [7, 11) is -2.98. The van der Waals surface area contributed by atoms with E-state index in [9.17, 15) is 46.2 Å². The molecule has 6 rings (SSSR count). The zero-order chi connectivity index (χ0) is 32.1. The molecule has 2 aromatic carbocycles. The molecule has 4 aliphatic rings. The molecule has 44 heavy (non-hydrogen) atoms. The van der Waals surface area contributed by atoms with Gasteiger partial charge in [0, 0.05) is 36.5 Å². The SMILES string of the molecule is COC(=O)N1CC[C@H](O)[C@H]1C(=O)NCC1(O)C2CC1CC(S(=O)(=O)c1cc(C(=O)Nc3cc(F)c(F)c(F)c3)ccc1Cl)C2. The van der Waals surface area contributed by atoms with Crippen LogP contribution in [0, 0.1) is 29.3 Å². The Morgan fingerprint density at radius 1 is 1.09 bits per heavy atom. The number of nitrogens with zero attached hydrogens (tertiary/aromatic N) is 1. The van der Waals surface area contributed by atoms with E-state index in [1.165, 1.54) is 12.1 Å². The number of aliphatic hydroxyl groups is 2. The number of amides is 3. The second kappa shape index (κ2) is 11.8. The van der Waals surface area contributed by atoms with E-state index < -0.39 is 80.0 Å². The molecule has 238 valence electrons. The van der Waals surface area contributed by atoms with E-state index in [-0.39, 0.29) is 53.5 Å². The van der Waals surface area contributed by atoms with Gasteiger partial charge in [0.25, 0.3) is 5.91 Å². The van der Waals surface area contributed by atoms with Crippen LogP contribution >= 0.6 is 11.6 Å². The van der Waals surface area contributed by atoms with Gasteiger partial charge < -0.3 is 25.6 Å². The molecule has 2 unspecified atom stereocenters. The lowest BCUT2D eigenvalue weighted by molar-refractivity contribution is -0.174. The average molecular weight is 660 g/mol. The topological polar surface area (TPSA) is 162 Å². The zero-order valence-corrected chi connectivity index (χ0v) is 24.8. The van der Waals surface area contributed by atoms with Crippen molar-refractivity contribution in [1.82, 2.24) is 10.2 Å². The summed E-state index contributed by atoms with van der Waals surface area (Å²) in [5.74, 6) is -7.33. The van der Waals surface area contributed by atoms with Gasteiger partial charge >= 0.3 is 6.09 Å². The highest BCUT2D eigenvalue weighted by Gasteiger charge is 2.60. The molecule has 16 heteroatoms. The van der Waals surface area contributed by atoms with Gasteiger partial charge in [-0.2, -0.15) is 0 Å². The number of methoxy groups -OCH3 is 1. The van der Waals surface area contributed by atoms with Crippen molar-refractivity contribution in [2.24, 2.45) is 11.8 Å². The Morgan fingerprint density at radius 2 is 1.73 bits per heavy atom. The number of anilines is 1. The first-order chi connectivity index (χ1) is 20.7. The summed E-state index contributed by atoms with van der Waals surface area (Å²) in [4.78, 5) is 38.4. The minimum Gasteiger partial charge on any atom is -0.453 e. The summed E-state index contributed by atoms with van der Waals surface area (Å²) in [5, 5.41) is 25.3. The van der Waals surface area contributed by atoms with Gasteiger partial charge in [-0.15, -0.1) is 0 Å². The number of carbonyl (C=O) groups is 3. The Kier molecular flexibility index (Phi) is 8.61. The Balaban J connectivity index is 1.26. The van der Waals surface area contributed by atoms with E-state index in [2.05, 4.69) is 15.4 Å². The van der Waals surface area contributed by atoms with Crippen LogP contribution in [0.2, 0.25) is 5.02 Å². The van der Waals surface area contributed by atoms with Crippen LogP contribution in [0.15, 0.2) is 35.2 Å². The number of likely N-dealkylation sites (tertiary alicyclic amines) is 1. The van der Waals surface area contributed by atoms with E-state index in [1.54, 1.807) is 0 Å². The van der Waals surface area contributed by atoms with Crippen molar-refractivity contribution in [3.8, 4) is 0 Å². The first-order valence-electron chi connectivity index (χ1n) is 13.7. The summed E-state index contributed by atoms with van der Waals surface area (Å²) < 4.78 is 72.4. The number of halogens is 4. The smallest absolute Gasteiger partial charge is 0.410 e. The van der Waals surface area contributed by atoms with Crippen molar-refractivity contribution in [3.63, 3.8) is 0 Å². The van der Waals surface area contributed by atoms with Crippen molar-refractivity contribution >= 4 is 45.0 Å². The normalized spacial score (nSPS) is 27.8. The Hall–Kier alpha value is -3.40. The Bertz CT molecular complexity index is 1590. The van der Waals surface area contributed by atoms with Crippen LogP contribution in [0.1, 0.15) is 36.0 Å². The fourth-order valence-electron chi connectivity index (χ4n) is 6.42. The Labute approximate surface area is 255 Å². The average Bonchev–Trinajstić information content (AvgIpc) is 3.39. The number of aliphatic hydroxyl groups excluding tert-OH is 1. The van der Waals surface area contributed by atoms with Gasteiger partial charge in [-0.1, -0.05) is 11.6 Å². The second-order valence-electron chi connectivity index (χ2n) is 11.3. The molecular formula is C28H29ClF3N3O8S. The lowest BCUT2D eigenvalue weighted by atomic mass is 9.53. The third-order valence-electron chi connectivity index (χ3n) is 8.85. The van der Waals surface area contributed by atoms with E-state index in [1.807, 2.05) is 0 Å². The predicted molar refractivity (Wildman–Crippen MR) is 149 cm³/mol. The summed E-state index contributed by atoms with van der Waals surface area (Å²) in [5.41, 5.74) is -1.98. The largest absolute Gasteiger partial charge is 0.453 e. The van der Waals surface area contributed by atoms with Gasteiger partial charge in [-0.05, 0) is 55.7 Å². The first-order valence-corrected chi connectivity index (χ1v) is 15.6. The van der Waals surface area contributed by atoms with Crippen LogP contribution in [0.5, 0.6) is 0 Å². The third-order valence-corrected chi connectivity index (χ3v) is 11.5. The minimum atomic E-state index is -4.14. The molecule has 2 aromatic rings. The highest BCUT2D eigenvalue weighted by molar-refractivity contribution is 7.92. The van der Waals surface area contributed by atoms with E-state index in [0.717, 1.165) is 18.1 Å². The number of sulfone groups is 1. The first kappa shape index (κ1) is 32.0. The van der Waals surface area contributed by atoms with Gasteiger partial charge in [0.1, 0.15) is 6.04 Å². The van der Waals surface area contributed by atoms with Crippen molar-refractivity contribution < 1.29 is 50.9 Å². The molecule has 4 N–H and O–H groups in total. The van der Waals surface area contributed by atoms with E-state index >= 15 is 0 Å². The maximum Gasteiger partial charge on any atom is 0.410 e. The van der Waals surface area contributed by atoms with Crippen molar-refractivity contribution in [1.29, 1.82) is 0 Å². The van der Waals surface area contributed by atoms with Gasteiger partial charge in [0.2, 0.25) is 5.91 Å².